The number of halogens is 2. The maximum Gasteiger partial charge on any atom is 0.193 e. The van der Waals surface area contributed by atoms with Gasteiger partial charge in [-0.3, -0.25) is 0 Å². The SMILES string of the molecule is Cn1c(CN=C(N)Nc2ccc3c(c2)OCCCO3)cc(Cl)c1Cl. The van der Waals surface area contributed by atoms with E-state index in [1.807, 2.05) is 25.2 Å². The molecule has 24 heavy (non-hydrogen) atoms. The fraction of sp³-hybridized carbons (Fsp3) is 0.312. The number of ether oxygens (including phenoxy) is 2. The zero-order valence-corrected chi connectivity index (χ0v) is 14.7. The first-order chi connectivity index (χ1) is 11.5. The summed E-state index contributed by atoms with van der Waals surface area (Å²) in [7, 11) is 1.83. The molecule has 0 amide bonds. The number of aromatic nitrogens is 1. The highest BCUT2D eigenvalue weighted by atomic mass is 35.5. The summed E-state index contributed by atoms with van der Waals surface area (Å²) < 4.78 is 13.0. The van der Waals surface area contributed by atoms with Crippen LogP contribution in [0.15, 0.2) is 29.3 Å². The molecule has 2 aromatic rings. The summed E-state index contributed by atoms with van der Waals surface area (Å²) in [6.45, 7) is 1.66. The second-order valence-electron chi connectivity index (χ2n) is 5.37. The van der Waals surface area contributed by atoms with Crippen molar-refractivity contribution in [2.24, 2.45) is 17.8 Å². The molecule has 1 aromatic heterocycles. The zero-order valence-electron chi connectivity index (χ0n) is 13.2. The van der Waals surface area contributed by atoms with Gasteiger partial charge in [0.25, 0.3) is 0 Å². The third-order valence-electron chi connectivity index (χ3n) is 3.65. The van der Waals surface area contributed by atoms with Crippen LogP contribution in [-0.4, -0.2) is 23.7 Å². The Hall–Kier alpha value is -2.05. The van der Waals surface area contributed by atoms with Crippen molar-refractivity contribution in [2.75, 3.05) is 18.5 Å². The van der Waals surface area contributed by atoms with Crippen LogP contribution in [-0.2, 0) is 13.6 Å². The summed E-state index contributed by atoms with van der Waals surface area (Å²) in [4.78, 5) is 4.31. The van der Waals surface area contributed by atoms with Gasteiger partial charge in [0, 0.05) is 30.9 Å². The molecule has 0 spiro atoms. The maximum absolute atomic E-state index is 6.03. The molecule has 0 aliphatic carbocycles. The van der Waals surface area contributed by atoms with E-state index in [2.05, 4.69) is 10.3 Å². The minimum atomic E-state index is 0.290. The van der Waals surface area contributed by atoms with Gasteiger partial charge in [0.15, 0.2) is 17.5 Å². The molecule has 3 N–H and O–H groups in total. The Balaban J connectivity index is 1.69. The second-order valence-corrected chi connectivity index (χ2v) is 6.14. The lowest BCUT2D eigenvalue weighted by atomic mass is 10.3. The Bertz CT molecular complexity index is 774. The number of guanidine groups is 1. The van der Waals surface area contributed by atoms with Gasteiger partial charge < -0.3 is 25.1 Å². The molecular formula is C16H18Cl2N4O2. The predicted octanol–water partition coefficient (Wildman–Crippen LogP) is 3.42. The van der Waals surface area contributed by atoms with Crippen LogP contribution in [0, 0.1) is 0 Å². The molecule has 0 radical (unpaired) electrons. The molecule has 0 saturated heterocycles. The van der Waals surface area contributed by atoms with Crippen LogP contribution in [0.25, 0.3) is 0 Å². The number of hydrogen-bond acceptors (Lipinski definition) is 3. The van der Waals surface area contributed by atoms with E-state index in [1.165, 1.54) is 0 Å². The van der Waals surface area contributed by atoms with Crippen molar-refractivity contribution >= 4 is 34.8 Å². The molecule has 8 heteroatoms. The summed E-state index contributed by atoms with van der Waals surface area (Å²) in [5.41, 5.74) is 7.60. The predicted molar refractivity (Wildman–Crippen MR) is 96.4 cm³/mol. The van der Waals surface area contributed by atoms with E-state index >= 15 is 0 Å². The third-order valence-corrected chi connectivity index (χ3v) is 4.49. The molecule has 128 valence electrons. The Kier molecular flexibility index (Phi) is 5.06. The number of rotatable bonds is 3. The molecule has 3 rings (SSSR count). The normalized spacial score (nSPS) is 14.4. The van der Waals surface area contributed by atoms with Crippen LogP contribution in [0.4, 0.5) is 5.69 Å². The lowest BCUT2D eigenvalue weighted by Gasteiger charge is -2.11. The van der Waals surface area contributed by atoms with Crippen molar-refractivity contribution in [2.45, 2.75) is 13.0 Å². The molecule has 0 bridgehead atoms. The molecule has 0 unspecified atom stereocenters. The van der Waals surface area contributed by atoms with Crippen molar-refractivity contribution in [1.82, 2.24) is 4.57 Å². The van der Waals surface area contributed by atoms with Crippen molar-refractivity contribution in [3.63, 3.8) is 0 Å². The van der Waals surface area contributed by atoms with E-state index in [9.17, 15) is 0 Å². The lowest BCUT2D eigenvalue weighted by Crippen LogP contribution is -2.22. The van der Waals surface area contributed by atoms with E-state index in [0.29, 0.717) is 35.7 Å². The van der Waals surface area contributed by atoms with E-state index in [0.717, 1.165) is 23.6 Å². The van der Waals surface area contributed by atoms with Crippen LogP contribution in [0.5, 0.6) is 11.5 Å². The largest absolute Gasteiger partial charge is 0.490 e. The van der Waals surface area contributed by atoms with Gasteiger partial charge in [0.1, 0.15) is 5.15 Å². The second kappa shape index (κ2) is 7.23. The highest BCUT2D eigenvalue weighted by molar-refractivity contribution is 6.41. The van der Waals surface area contributed by atoms with Gasteiger partial charge >= 0.3 is 0 Å². The van der Waals surface area contributed by atoms with Gasteiger partial charge in [0.2, 0.25) is 0 Å². The lowest BCUT2D eigenvalue weighted by molar-refractivity contribution is 0.297. The van der Waals surface area contributed by atoms with Crippen LogP contribution in [0.3, 0.4) is 0 Å². The standard InChI is InChI=1S/C16H18Cl2N4O2/c1-22-11(8-12(17)15(22)18)9-20-16(19)21-10-3-4-13-14(7-10)24-6-2-5-23-13/h3-4,7-8H,2,5-6,9H2,1H3,(H3,19,20,21). The molecule has 0 atom stereocenters. The molecule has 0 saturated carbocycles. The molecule has 0 fully saturated rings. The number of benzene rings is 1. The minimum Gasteiger partial charge on any atom is -0.490 e. The van der Waals surface area contributed by atoms with Gasteiger partial charge in [-0.1, -0.05) is 23.2 Å². The first-order valence-corrected chi connectivity index (χ1v) is 8.26. The fourth-order valence-electron chi connectivity index (χ4n) is 2.34. The minimum absolute atomic E-state index is 0.290. The Labute approximate surface area is 150 Å². The highest BCUT2D eigenvalue weighted by Crippen LogP contribution is 2.32. The average Bonchev–Trinajstić information content (AvgIpc) is 2.74. The van der Waals surface area contributed by atoms with Gasteiger partial charge in [-0.25, -0.2) is 4.99 Å². The van der Waals surface area contributed by atoms with E-state index in [-0.39, 0.29) is 5.96 Å². The smallest absolute Gasteiger partial charge is 0.193 e. The fourth-order valence-corrected chi connectivity index (χ4v) is 2.75. The quantitative estimate of drug-likeness (QED) is 0.642. The van der Waals surface area contributed by atoms with Crippen LogP contribution in [0.1, 0.15) is 12.1 Å². The number of nitrogens with one attached hydrogen (secondary N) is 1. The van der Waals surface area contributed by atoms with Gasteiger partial charge in [-0.05, 0) is 18.2 Å². The Morgan fingerprint density at radius 3 is 2.71 bits per heavy atom. The monoisotopic (exact) mass is 368 g/mol. The molecular weight excluding hydrogens is 351 g/mol. The van der Waals surface area contributed by atoms with E-state index in [4.69, 9.17) is 38.4 Å². The summed E-state index contributed by atoms with van der Waals surface area (Å²) in [5.74, 6) is 1.73. The Morgan fingerprint density at radius 1 is 1.25 bits per heavy atom. The van der Waals surface area contributed by atoms with Crippen molar-refractivity contribution in [3.8, 4) is 11.5 Å². The van der Waals surface area contributed by atoms with Crippen molar-refractivity contribution < 1.29 is 9.47 Å². The number of nitrogens with two attached hydrogens (primary N) is 1. The number of hydrogen-bond donors (Lipinski definition) is 2. The van der Waals surface area contributed by atoms with Crippen LogP contribution in [0.2, 0.25) is 10.2 Å². The average molecular weight is 369 g/mol. The molecule has 1 aliphatic rings. The van der Waals surface area contributed by atoms with Crippen LogP contribution < -0.4 is 20.5 Å². The summed E-state index contributed by atoms with van der Waals surface area (Å²) in [6, 6.07) is 7.34. The van der Waals surface area contributed by atoms with Gasteiger partial charge in [0.05, 0.1) is 24.8 Å². The maximum atomic E-state index is 6.03. The molecule has 2 heterocycles. The zero-order chi connectivity index (χ0) is 17.1. The molecule has 6 nitrogen and oxygen atoms in total. The third kappa shape index (κ3) is 3.71. The first kappa shape index (κ1) is 16.8. The van der Waals surface area contributed by atoms with Crippen molar-refractivity contribution in [1.29, 1.82) is 0 Å². The highest BCUT2D eigenvalue weighted by Gasteiger charge is 2.11. The number of anilines is 1. The van der Waals surface area contributed by atoms with Crippen LogP contribution >= 0.6 is 23.2 Å². The summed E-state index contributed by atoms with van der Waals surface area (Å²) >= 11 is 12.0. The molecule has 1 aliphatic heterocycles. The van der Waals surface area contributed by atoms with Crippen molar-refractivity contribution in [3.05, 3.63) is 40.1 Å². The number of nitrogens with zero attached hydrogens (tertiary/aromatic N) is 2. The summed E-state index contributed by atoms with van der Waals surface area (Å²) in [6.07, 6.45) is 0.864. The topological polar surface area (TPSA) is 73.8 Å². The van der Waals surface area contributed by atoms with Gasteiger partial charge in [-0.2, -0.15) is 0 Å². The summed E-state index contributed by atoms with van der Waals surface area (Å²) in [5, 5.41) is 4.02. The van der Waals surface area contributed by atoms with E-state index in [1.54, 1.807) is 10.6 Å². The molecule has 1 aromatic carbocycles. The number of fused-ring (bicyclic) bond motifs is 1. The van der Waals surface area contributed by atoms with E-state index < -0.39 is 0 Å². The first-order valence-electron chi connectivity index (χ1n) is 7.51. The van der Waals surface area contributed by atoms with Gasteiger partial charge in [-0.15, -0.1) is 0 Å². The number of aliphatic imine (C=N–C) groups is 1. The Morgan fingerprint density at radius 2 is 2.00 bits per heavy atom.